The zero-order valence-electron chi connectivity index (χ0n) is 57.7. The molecule has 6 N–H and O–H groups in total. The number of rotatable bonds is 15. The largest absolute Gasteiger partial charge is 2.00 e. The molecule has 12 atom stereocenters. The number of carbonyl (C=O) groups is 11. The predicted molar refractivity (Wildman–Crippen MR) is 356 cm³/mol. The van der Waals surface area contributed by atoms with Crippen molar-refractivity contribution in [2.75, 3.05) is 49.3 Å². The number of nitrogens with zero attached hydrogens (tertiary/aromatic N) is 7. The molecule has 11 amide bonds. The Bertz CT molecular complexity index is 2380. The van der Waals surface area contributed by atoms with Gasteiger partial charge in [-0.05, 0) is 109 Å². The van der Waals surface area contributed by atoms with Crippen molar-refractivity contribution in [3.63, 3.8) is 0 Å². The van der Waals surface area contributed by atoms with E-state index in [0.717, 1.165) is 21.2 Å². The zero-order valence-corrected chi connectivity index (χ0v) is 60.6. The summed E-state index contributed by atoms with van der Waals surface area (Å²) >= 11 is 0. The van der Waals surface area contributed by atoms with E-state index in [1.807, 2.05) is 41.5 Å². The van der Waals surface area contributed by atoms with Crippen LogP contribution in [0.15, 0.2) is 12.2 Å². The van der Waals surface area contributed by atoms with Crippen LogP contribution in [-0.4, -0.2) is 231 Å². The zero-order chi connectivity index (χ0) is 66.9. The number of allylic oxidation sites excluding steroid dienone is 2. The molecule has 0 aromatic heterocycles. The van der Waals surface area contributed by atoms with E-state index in [4.69, 9.17) is 0 Å². The number of nitrogens with one attached hydrogen (secondary N) is 4. The third-order valence-electron chi connectivity index (χ3n) is 15.9. The minimum atomic E-state index is -1.65. The third kappa shape index (κ3) is 27.1. The Labute approximate surface area is 563 Å². The molecule has 0 aliphatic carbocycles. The normalized spacial score (nSPS) is 25.3. The van der Waals surface area contributed by atoms with Gasteiger partial charge in [-0.3, -0.25) is 47.9 Å². The summed E-state index contributed by atoms with van der Waals surface area (Å²) in [6.07, 6.45) is 2.33. The Hall–Kier alpha value is -5.61. The van der Waals surface area contributed by atoms with Crippen molar-refractivity contribution in [3.05, 3.63) is 26.1 Å². The standard InChI is InChI=1S/C62H110N11O13.3CH4.CH3.W/c1-25-27-28-39(13)51(75)50-55(79)65-42(26-2)57(81)67(18)33-47(74)68(19)46(32-62(16,17)86)54(78)66-48(37(9)10)60(84)69(20)43(29-34(3)4)53(77)63-40(14)52(76)64-41(15)56(80)70(21)44(30-35(5)6)58(82)71(22)45(31-36(7)8)59(83)72(23)49(38(11)12)61(85)73(50)24;;;;;/h25,27,33-46,48-51,75,86H,26,28-32H2,1-24H3,(H,63,77)(H,64,76)(H,65,79)(H,66,78);3*1H4;1H3;/q-1;;;;-1;+2/b27-25+;;;;;/t39-,40+,41-,42+,43+,44+,45+,46+,48+,49+,50+,51-;;;;;/m1...../s1. The second-order valence-electron chi connectivity index (χ2n) is 26.3. The van der Waals surface area contributed by atoms with Crippen LogP contribution in [0.4, 0.5) is 0 Å². The minimum absolute atomic E-state index is 0. The van der Waals surface area contributed by atoms with Crippen LogP contribution in [0, 0.1) is 49.5 Å². The third-order valence-corrected chi connectivity index (χ3v) is 15.9. The van der Waals surface area contributed by atoms with Crippen LogP contribution in [0.2, 0.25) is 0 Å². The first-order valence-electron chi connectivity index (χ1n) is 30.5. The topological polar surface area (TPSA) is 299 Å². The van der Waals surface area contributed by atoms with Crippen molar-refractivity contribution in [3.8, 4) is 0 Å². The van der Waals surface area contributed by atoms with Crippen LogP contribution in [0.1, 0.15) is 179 Å². The Balaban J connectivity index is -0.00000493. The van der Waals surface area contributed by atoms with Gasteiger partial charge in [0.2, 0.25) is 59.1 Å². The first-order chi connectivity index (χ1) is 39.5. The fraction of sp³-hybridized carbons (Fsp3) is 0.773. The number of aliphatic hydroxyl groups is 2. The summed E-state index contributed by atoms with van der Waals surface area (Å²) in [7, 11) is 9.57. The predicted octanol–water partition coefficient (Wildman–Crippen LogP) is 4.90. The molecule has 25 heteroatoms. The molecule has 0 aromatic carbocycles. The van der Waals surface area contributed by atoms with Gasteiger partial charge >= 0.3 is 21.1 Å². The molecule has 1 heterocycles. The van der Waals surface area contributed by atoms with Gasteiger partial charge in [0.05, 0.1) is 11.7 Å². The van der Waals surface area contributed by atoms with Crippen molar-refractivity contribution < 1.29 is 84.0 Å². The van der Waals surface area contributed by atoms with Gasteiger partial charge in [-0.15, -0.1) is 0 Å². The van der Waals surface area contributed by atoms with E-state index in [-0.39, 0.29) is 107 Å². The van der Waals surface area contributed by atoms with Crippen molar-refractivity contribution >= 4 is 65.0 Å². The van der Waals surface area contributed by atoms with E-state index < -0.39 is 155 Å². The van der Waals surface area contributed by atoms with E-state index in [1.165, 1.54) is 96.6 Å². The molecule has 0 saturated carbocycles. The first kappa shape index (κ1) is 94.1. The van der Waals surface area contributed by atoms with Crippen LogP contribution in [0.3, 0.4) is 0 Å². The monoisotopic (exact) mass is 1460 g/mol. The average molecular weight is 1460 g/mol. The number of amides is 11. The van der Waals surface area contributed by atoms with E-state index >= 15 is 9.59 Å². The quantitative estimate of drug-likeness (QED) is 0.0941. The molecule has 91 heavy (non-hydrogen) atoms. The van der Waals surface area contributed by atoms with Gasteiger partial charge in [-0.1, -0.05) is 118 Å². The van der Waals surface area contributed by atoms with Gasteiger partial charge in [-0.2, -0.15) is 0 Å². The van der Waals surface area contributed by atoms with E-state index in [0.29, 0.717) is 0 Å². The van der Waals surface area contributed by atoms with Crippen molar-refractivity contribution in [1.82, 2.24) is 55.6 Å². The maximum absolute atomic E-state index is 15.1. The van der Waals surface area contributed by atoms with E-state index in [9.17, 15) is 53.4 Å². The summed E-state index contributed by atoms with van der Waals surface area (Å²) in [6, 6.07) is -13.0. The molecule has 0 aromatic rings. The summed E-state index contributed by atoms with van der Waals surface area (Å²) in [5.41, 5.74) is -1.56. The number of hydrogen-bond acceptors (Lipinski definition) is 13. The SMILES string of the molecule is C.C.C.C/C=C/C[C@@H](C)[C@@H](O)[C@H]1C(=O)N[C@@H](CC)C(=O)N(C)[CH-]C(=O)N(C)[C@@H](CC(C)(C)O)C(=O)N[C@@H](C(C)C)C(=O)N(C)[C@@H](CC(C)C)C(=O)N[C@@H](C)C(=O)N[C@H](C)C(=O)N(C)[C@@H](CC(C)C)C(=O)N(C)[C@@H](CC(C)C)C(=O)N(C)[C@@H](C(C)C)C(=O)N1C.[CH3-].[W+2]. The smallest absolute Gasteiger partial charge is 0.469 e. The summed E-state index contributed by atoms with van der Waals surface area (Å²) < 4.78 is 0. The molecule has 0 unspecified atom stereocenters. The molecular formula is C66H125N11O13W. The average Bonchev–Trinajstić information content (AvgIpc) is 1.37. The molecule has 0 radical (unpaired) electrons. The van der Waals surface area contributed by atoms with Crippen molar-refractivity contribution in [1.29, 1.82) is 0 Å². The molecule has 0 bridgehead atoms. The minimum Gasteiger partial charge on any atom is -0.469 e. The first-order valence-corrected chi connectivity index (χ1v) is 30.5. The maximum atomic E-state index is 15.1. The van der Waals surface area contributed by atoms with Crippen LogP contribution >= 0.6 is 0 Å². The van der Waals surface area contributed by atoms with Gasteiger partial charge < -0.3 is 78.0 Å². The van der Waals surface area contributed by atoms with Gasteiger partial charge in [-0.25, -0.2) is 6.54 Å². The summed E-state index contributed by atoms with van der Waals surface area (Å²) in [6.45, 7) is 29.6. The van der Waals surface area contributed by atoms with Gasteiger partial charge in [0, 0.05) is 48.7 Å². The molecule has 528 valence electrons. The molecule has 1 saturated heterocycles. The Morgan fingerprint density at radius 1 is 0.516 bits per heavy atom. The second kappa shape index (κ2) is 41.9. The number of aliphatic hydroxyl groups excluding tert-OH is 1. The van der Waals surface area contributed by atoms with Gasteiger partial charge in [0.15, 0.2) is 0 Å². The van der Waals surface area contributed by atoms with E-state index in [1.54, 1.807) is 60.6 Å². The number of likely N-dealkylation sites (N-methyl/N-ethyl adjacent to an activating group) is 7. The second-order valence-corrected chi connectivity index (χ2v) is 26.3. The fourth-order valence-corrected chi connectivity index (χ4v) is 10.6. The van der Waals surface area contributed by atoms with Crippen LogP contribution < -0.4 is 21.3 Å². The summed E-state index contributed by atoms with van der Waals surface area (Å²) in [5.74, 6) is -10.5. The van der Waals surface area contributed by atoms with Crippen LogP contribution in [0.25, 0.3) is 0 Å². The molecule has 1 aliphatic rings. The van der Waals surface area contributed by atoms with Gasteiger partial charge in [0.1, 0.15) is 66.3 Å². The molecule has 1 rings (SSSR count). The molecule has 1 fully saturated rings. The Morgan fingerprint density at radius 3 is 1.36 bits per heavy atom. The van der Waals surface area contributed by atoms with Crippen LogP contribution in [0.5, 0.6) is 0 Å². The summed E-state index contributed by atoms with van der Waals surface area (Å²) in [5, 5.41) is 33.9. The molecule has 24 nitrogen and oxygen atoms in total. The van der Waals surface area contributed by atoms with Crippen molar-refractivity contribution in [2.45, 2.75) is 251 Å². The van der Waals surface area contributed by atoms with Crippen LogP contribution in [-0.2, 0) is 73.8 Å². The molecular weight excluding hydrogens is 1340 g/mol. The number of hydrogen-bond donors (Lipinski definition) is 6. The Morgan fingerprint density at radius 2 is 0.934 bits per heavy atom. The van der Waals surface area contributed by atoms with E-state index in [2.05, 4.69) is 21.3 Å². The molecule has 0 spiro atoms. The fourth-order valence-electron chi connectivity index (χ4n) is 10.6. The Kier molecular flexibility index (Phi) is 43.3. The molecule has 1 aliphatic heterocycles. The van der Waals surface area contributed by atoms with Gasteiger partial charge in [0.25, 0.3) is 0 Å². The summed E-state index contributed by atoms with van der Waals surface area (Å²) in [4.78, 5) is 168. The maximum Gasteiger partial charge on any atom is 2.00 e. The number of carbonyl (C=O) groups excluding carboxylic acids is 11. The van der Waals surface area contributed by atoms with Crippen molar-refractivity contribution in [2.24, 2.45) is 35.5 Å².